The number of phosphoric acid groups is 1. The third kappa shape index (κ3) is 20.1. The number of primary amides is 1. The van der Waals surface area contributed by atoms with Crippen LogP contribution in [0.5, 0.6) is 5.75 Å². The van der Waals surface area contributed by atoms with Crippen LogP contribution in [-0.2, 0) is 68.5 Å². The zero-order chi connectivity index (χ0) is 63.9. The number of phosphoric ester groups is 1. The number of carboxylic acids is 2. The molecule has 3 heterocycles. The summed E-state index contributed by atoms with van der Waals surface area (Å²) in [5.41, 5.74) is 4.08. The second-order valence-corrected chi connectivity index (χ2v) is 23.1. The van der Waals surface area contributed by atoms with Crippen LogP contribution < -0.4 is 53.1 Å². The average molecular weight is 1220 g/mol. The topological polar surface area (TPSA) is 479 Å². The van der Waals surface area contributed by atoms with Crippen LogP contribution in [0.3, 0.4) is 0 Å². The minimum atomic E-state index is -5.11. The molecule has 2 aliphatic heterocycles. The number of aliphatic hydroxyl groups is 1. The highest BCUT2D eigenvalue weighted by molar-refractivity contribution is 7.46. The Morgan fingerprint density at radius 2 is 1.19 bits per heavy atom. The highest BCUT2D eigenvalue weighted by Crippen LogP contribution is 2.39. The molecule has 2 fully saturated rings. The number of aliphatic carboxylic acids is 2. The molecule has 0 spiro atoms. The summed E-state index contributed by atoms with van der Waals surface area (Å²) in [4.78, 5) is 194. The van der Waals surface area contributed by atoms with E-state index in [0.29, 0.717) is 0 Å². The monoisotopic (exact) mass is 1220 g/mol. The van der Waals surface area contributed by atoms with Gasteiger partial charge in [0.2, 0.25) is 59.1 Å². The number of amides is 10. The Kier molecular flexibility index (Phi) is 25.1. The van der Waals surface area contributed by atoms with Gasteiger partial charge in [0.15, 0.2) is 0 Å². The molecule has 1 aromatic heterocycles. The summed E-state index contributed by atoms with van der Waals surface area (Å²) in [6.45, 7) is 11.9. The van der Waals surface area contributed by atoms with Gasteiger partial charge in [-0.25, -0.2) is 9.36 Å². The van der Waals surface area contributed by atoms with Crippen molar-refractivity contribution in [1.29, 1.82) is 0 Å². The number of aliphatic hydroxyl groups excluding tert-OH is 1. The predicted octanol–water partition coefficient (Wildman–Crippen LogP) is -2.23. The maximum Gasteiger partial charge on any atom is 0.524 e. The number of likely N-dealkylation sites (tertiary alicyclic amines) is 2. The molecule has 31 nitrogen and oxygen atoms in total. The summed E-state index contributed by atoms with van der Waals surface area (Å²) in [5.74, 6) is -14.3. The summed E-state index contributed by atoms with van der Waals surface area (Å²) in [6.07, 6.45) is -3.11. The summed E-state index contributed by atoms with van der Waals surface area (Å²) >= 11 is 0. The van der Waals surface area contributed by atoms with E-state index < -0.39 is 182 Å². The summed E-state index contributed by atoms with van der Waals surface area (Å²) in [7, 11) is -5.11. The molecule has 2 saturated heterocycles. The molecule has 11 atom stereocenters. The van der Waals surface area contributed by atoms with Crippen molar-refractivity contribution >= 4 is 89.8 Å². The van der Waals surface area contributed by atoms with Gasteiger partial charge >= 0.3 is 25.4 Å². The Morgan fingerprint density at radius 3 is 1.68 bits per heavy atom. The minimum absolute atomic E-state index is 0.00221. The van der Waals surface area contributed by atoms with Crippen molar-refractivity contribution in [1.82, 2.24) is 47.0 Å². The molecular weight excluding hydrogens is 1140 g/mol. The SMILES string of the molecule is CC[C@H](C)[C@H](NC(=O)[C@@H](NC(=O)[C@@H]1CCCN1C(=O)[C@H](CC(=O)O)NC(C)=O)[C@@H](C)O)C(=O)N[C@@H](Cc1cc(=O)oc2cc(OP(=O)(O)O)ccc12)C(=O)N1CCC[C@H]1C(=O)N[C@H](C(=O)N[C@@H](CC(C)C)C(=O)N[C@@H](CC(=O)O)C(N)=O)C(C)C. The second-order valence-electron chi connectivity index (χ2n) is 21.9. The van der Waals surface area contributed by atoms with Crippen LogP contribution >= 0.6 is 7.82 Å². The van der Waals surface area contributed by atoms with Crippen LogP contribution in [0.4, 0.5) is 0 Å². The average Bonchev–Trinajstić information content (AvgIpc) is 3.59. The van der Waals surface area contributed by atoms with Crippen molar-refractivity contribution in [2.45, 2.75) is 174 Å². The zero-order valence-electron chi connectivity index (χ0n) is 48.3. The molecule has 1 aromatic carbocycles. The molecule has 32 heteroatoms. The third-order valence-electron chi connectivity index (χ3n) is 14.3. The molecule has 10 amide bonds. The Labute approximate surface area is 487 Å². The fourth-order valence-electron chi connectivity index (χ4n) is 9.90. The van der Waals surface area contributed by atoms with Crippen molar-refractivity contribution < 1.29 is 96.1 Å². The van der Waals surface area contributed by atoms with Crippen molar-refractivity contribution in [2.24, 2.45) is 23.5 Å². The third-order valence-corrected chi connectivity index (χ3v) is 14.7. The number of benzene rings is 1. The van der Waals surface area contributed by atoms with Gasteiger partial charge in [-0.15, -0.1) is 0 Å². The molecule has 0 saturated carbocycles. The first-order chi connectivity index (χ1) is 39.6. The molecule has 0 radical (unpaired) electrons. The summed E-state index contributed by atoms with van der Waals surface area (Å²) in [6, 6.07) is -9.17. The number of carbonyl (C=O) groups is 12. The Bertz CT molecular complexity index is 2950. The predicted molar refractivity (Wildman–Crippen MR) is 297 cm³/mol. The van der Waals surface area contributed by atoms with Crippen LogP contribution in [0, 0.1) is 17.8 Å². The standard InChI is InChI=1S/C53H77N10O21P/c1-9-26(6)43(60-51(77)44(27(7)64)61-48(74)37-13-11-17-63(37)53(79)35(23-40(68)69)55-28(8)65)50(76)58-34(19-29-20-41(70)83-38-21-30(14-15-31(29)38)84-85(80,81)82)52(78)62-16-10-12-36(62)47(73)59-42(25(4)5)49(75)57-33(18-24(2)3)46(72)56-32(45(54)71)22-39(66)67/h14-15,20-21,24-27,32-37,42-44,64H,9-13,16-19,22-23H2,1-8H3,(H2,54,71)(H,55,65)(H,56,72)(H,57,75)(H,58,76)(H,59,73)(H,60,77)(H,61,74)(H,66,67)(H,68,69)(H2,80,81,82)/t26-,27+,32-,33-,34-,35-,36-,37-,42-,43-,44-/m0/s1. The first kappa shape index (κ1) is 69.5. The van der Waals surface area contributed by atoms with Crippen molar-refractivity contribution in [3.8, 4) is 5.75 Å². The highest BCUT2D eigenvalue weighted by Gasteiger charge is 2.44. The second kappa shape index (κ2) is 30.7. The van der Waals surface area contributed by atoms with Gasteiger partial charge in [0.05, 0.1) is 18.9 Å². The van der Waals surface area contributed by atoms with Crippen LogP contribution in [0.25, 0.3) is 11.0 Å². The highest BCUT2D eigenvalue weighted by atomic mass is 31.2. The normalized spacial score (nSPS) is 18.3. The van der Waals surface area contributed by atoms with E-state index in [1.54, 1.807) is 41.5 Å². The van der Waals surface area contributed by atoms with Crippen LogP contribution in [-0.4, -0.2) is 179 Å². The van der Waals surface area contributed by atoms with E-state index in [4.69, 9.17) is 10.2 Å². The number of nitrogens with zero attached hydrogens (tertiary/aromatic N) is 2. The fourth-order valence-corrected chi connectivity index (χ4v) is 10.3. The Morgan fingerprint density at radius 1 is 0.682 bits per heavy atom. The van der Waals surface area contributed by atoms with Crippen molar-refractivity contribution in [3.63, 3.8) is 0 Å². The van der Waals surface area contributed by atoms with E-state index in [1.165, 1.54) is 6.07 Å². The minimum Gasteiger partial charge on any atom is -0.481 e. The van der Waals surface area contributed by atoms with Crippen LogP contribution in [0.1, 0.15) is 112 Å². The maximum absolute atomic E-state index is 15.1. The van der Waals surface area contributed by atoms with Crippen molar-refractivity contribution in [2.75, 3.05) is 13.1 Å². The molecule has 4 rings (SSSR count). The lowest BCUT2D eigenvalue weighted by molar-refractivity contribution is -0.146. The molecule has 470 valence electrons. The lowest BCUT2D eigenvalue weighted by Crippen LogP contribution is -2.62. The van der Waals surface area contributed by atoms with Gasteiger partial charge in [-0.05, 0) is 74.5 Å². The number of nitrogens with one attached hydrogen (secondary N) is 7. The van der Waals surface area contributed by atoms with Crippen LogP contribution in [0.2, 0.25) is 0 Å². The fraction of sp³-hybridized carbons (Fsp3) is 0.604. The lowest BCUT2D eigenvalue weighted by Gasteiger charge is -2.33. The first-order valence-corrected chi connectivity index (χ1v) is 29.1. The number of nitrogens with two attached hydrogens (primary N) is 1. The number of hydrogen-bond donors (Lipinski definition) is 13. The maximum atomic E-state index is 15.1. The Hall–Kier alpha value is -8.02. The van der Waals surface area contributed by atoms with E-state index in [0.717, 1.165) is 41.8 Å². The Balaban J connectivity index is 1.70. The van der Waals surface area contributed by atoms with Crippen molar-refractivity contribution in [3.05, 3.63) is 40.2 Å². The summed E-state index contributed by atoms with van der Waals surface area (Å²) < 4.78 is 21.7. The molecule has 2 aliphatic rings. The van der Waals surface area contributed by atoms with Gasteiger partial charge in [-0.1, -0.05) is 48.0 Å². The van der Waals surface area contributed by atoms with Gasteiger partial charge in [0.25, 0.3) is 0 Å². The van der Waals surface area contributed by atoms with Gasteiger partial charge < -0.3 is 77.0 Å². The van der Waals surface area contributed by atoms with E-state index in [1.807, 2.05) is 0 Å². The molecular formula is C53H77N10O21P. The van der Waals surface area contributed by atoms with E-state index in [-0.39, 0.29) is 74.1 Å². The van der Waals surface area contributed by atoms with Crippen LogP contribution in [0.15, 0.2) is 33.5 Å². The van der Waals surface area contributed by atoms with Gasteiger partial charge in [0.1, 0.15) is 65.7 Å². The largest absolute Gasteiger partial charge is 0.524 e. The molecule has 0 unspecified atom stereocenters. The number of hydrogen-bond acceptors (Lipinski definition) is 17. The van der Waals surface area contributed by atoms with E-state index in [2.05, 4.69) is 41.7 Å². The lowest BCUT2D eigenvalue weighted by atomic mass is 9.95. The molecule has 0 bridgehead atoms. The molecule has 85 heavy (non-hydrogen) atoms. The smallest absolute Gasteiger partial charge is 0.481 e. The van der Waals surface area contributed by atoms with E-state index >= 15 is 4.79 Å². The molecule has 14 N–H and O–H groups in total. The quantitative estimate of drug-likeness (QED) is 0.0291. The molecule has 0 aliphatic carbocycles. The number of fused-ring (bicyclic) bond motifs is 1. The van der Waals surface area contributed by atoms with Gasteiger partial charge in [-0.2, -0.15) is 0 Å². The zero-order valence-corrected chi connectivity index (χ0v) is 49.2. The number of carbonyl (C=O) groups excluding carboxylic acids is 10. The number of carboxylic acid groups (broad SMARTS) is 2. The van der Waals surface area contributed by atoms with Gasteiger partial charge in [0, 0.05) is 44.0 Å². The van der Waals surface area contributed by atoms with E-state index in [9.17, 15) is 87.2 Å². The molecule has 2 aromatic rings. The number of rotatable bonds is 30. The first-order valence-electron chi connectivity index (χ1n) is 27.6. The van der Waals surface area contributed by atoms with Gasteiger partial charge in [-0.3, -0.25) is 67.3 Å². The summed E-state index contributed by atoms with van der Waals surface area (Å²) in [5, 5.41) is 47.0.